The Kier molecular flexibility index (Phi) is 7.50. The van der Waals surface area contributed by atoms with E-state index in [2.05, 4.69) is 59.4 Å². The summed E-state index contributed by atoms with van der Waals surface area (Å²) in [5.74, 6) is -0.159. The van der Waals surface area contributed by atoms with Gasteiger partial charge in [0.05, 0.1) is 6.54 Å². The largest absolute Gasteiger partial charge is 0.447 e. The number of benzene rings is 3. The summed E-state index contributed by atoms with van der Waals surface area (Å²) >= 11 is 0. The van der Waals surface area contributed by atoms with Gasteiger partial charge < -0.3 is 9.73 Å². The first-order valence-electron chi connectivity index (χ1n) is 11.3. The van der Waals surface area contributed by atoms with Crippen LogP contribution in [-0.4, -0.2) is 15.8 Å². The maximum absolute atomic E-state index is 13.1. The molecule has 5 nitrogen and oxygen atoms in total. The van der Waals surface area contributed by atoms with Crippen molar-refractivity contribution in [1.29, 1.82) is 0 Å². The number of halogens is 1. The van der Waals surface area contributed by atoms with Gasteiger partial charge in [0.25, 0.3) is 5.91 Å². The number of nitrogens with zero attached hydrogens (tertiary/aromatic N) is 2. The van der Waals surface area contributed by atoms with E-state index in [1.54, 1.807) is 12.1 Å². The number of hydrogen-bond donors (Lipinski definition) is 1. The number of amides is 1. The number of hydrogen-bond acceptors (Lipinski definition) is 4. The van der Waals surface area contributed by atoms with Crippen LogP contribution in [0.2, 0.25) is 0 Å². The third-order valence-electron chi connectivity index (χ3n) is 5.65. The fourth-order valence-electron chi connectivity index (χ4n) is 3.83. The summed E-state index contributed by atoms with van der Waals surface area (Å²) in [6, 6.07) is 22.7. The molecule has 0 bridgehead atoms. The second-order valence-corrected chi connectivity index (χ2v) is 8.50. The van der Waals surface area contributed by atoms with E-state index < -0.39 is 0 Å². The molecular formula is C28H28FN3O2. The Morgan fingerprint density at radius 2 is 1.71 bits per heavy atom. The maximum atomic E-state index is 13.1. The zero-order valence-electron chi connectivity index (χ0n) is 19.4. The van der Waals surface area contributed by atoms with Gasteiger partial charge in [-0.05, 0) is 48.2 Å². The number of carbonyl (C=O) groups excluding carboxylic acids is 1. The van der Waals surface area contributed by atoms with Crippen LogP contribution < -0.4 is 5.32 Å². The summed E-state index contributed by atoms with van der Waals surface area (Å²) in [4.78, 5) is 19.2. The summed E-state index contributed by atoms with van der Waals surface area (Å²) in [6.45, 7) is 6.42. The third kappa shape index (κ3) is 6.39. The summed E-state index contributed by atoms with van der Waals surface area (Å²) < 4.78 is 18.7. The van der Waals surface area contributed by atoms with Crippen LogP contribution in [0.4, 0.5) is 4.39 Å². The number of aryl methyl sites for hydroxylation is 2. The van der Waals surface area contributed by atoms with E-state index in [1.165, 1.54) is 40.6 Å². The number of oxazole rings is 1. The lowest BCUT2D eigenvalue weighted by Crippen LogP contribution is -2.24. The third-order valence-corrected chi connectivity index (χ3v) is 5.65. The molecule has 1 heterocycles. The normalized spacial score (nSPS) is 11.1. The molecule has 6 heteroatoms. The molecule has 0 aliphatic heterocycles. The van der Waals surface area contributed by atoms with Crippen LogP contribution in [0.25, 0.3) is 0 Å². The van der Waals surface area contributed by atoms with Crippen LogP contribution in [0.15, 0.2) is 83.5 Å². The van der Waals surface area contributed by atoms with Crippen molar-refractivity contribution in [1.82, 2.24) is 15.2 Å². The van der Waals surface area contributed by atoms with E-state index in [1.807, 2.05) is 18.2 Å². The van der Waals surface area contributed by atoms with Gasteiger partial charge in [-0.1, -0.05) is 66.2 Å². The monoisotopic (exact) mass is 457 g/mol. The fourth-order valence-corrected chi connectivity index (χ4v) is 3.83. The zero-order chi connectivity index (χ0) is 23.9. The van der Waals surface area contributed by atoms with E-state index in [9.17, 15) is 9.18 Å². The van der Waals surface area contributed by atoms with Crippen molar-refractivity contribution in [3.05, 3.63) is 124 Å². The molecule has 0 spiro atoms. The molecule has 0 fully saturated rings. The highest BCUT2D eigenvalue weighted by atomic mass is 19.1. The van der Waals surface area contributed by atoms with Crippen molar-refractivity contribution in [2.24, 2.45) is 0 Å². The number of rotatable bonds is 9. The van der Waals surface area contributed by atoms with Crippen LogP contribution >= 0.6 is 0 Å². The van der Waals surface area contributed by atoms with Gasteiger partial charge in [0.15, 0.2) is 5.69 Å². The van der Waals surface area contributed by atoms with Gasteiger partial charge in [0.1, 0.15) is 12.1 Å². The predicted octanol–water partition coefficient (Wildman–Crippen LogP) is 5.56. The highest BCUT2D eigenvalue weighted by Crippen LogP contribution is 2.18. The molecule has 0 saturated heterocycles. The Morgan fingerprint density at radius 3 is 2.44 bits per heavy atom. The van der Waals surface area contributed by atoms with Crippen molar-refractivity contribution in [2.45, 2.75) is 40.0 Å². The molecule has 34 heavy (non-hydrogen) atoms. The van der Waals surface area contributed by atoms with Crippen molar-refractivity contribution < 1.29 is 13.6 Å². The highest BCUT2D eigenvalue weighted by molar-refractivity contribution is 5.91. The van der Waals surface area contributed by atoms with E-state index in [4.69, 9.17) is 4.42 Å². The first-order valence-corrected chi connectivity index (χ1v) is 11.3. The SMILES string of the molecule is Cc1ccc(CN(Cc2ccccc2)Cc2nc(C(=O)NCc3ccc(F)cc3)co2)c(C)c1. The average molecular weight is 458 g/mol. The molecule has 4 rings (SSSR count). The van der Waals surface area contributed by atoms with E-state index in [-0.39, 0.29) is 24.0 Å². The molecule has 1 N–H and O–H groups in total. The minimum atomic E-state index is -0.330. The van der Waals surface area contributed by atoms with E-state index in [0.29, 0.717) is 12.4 Å². The molecule has 0 aliphatic rings. The number of nitrogens with one attached hydrogen (secondary N) is 1. The summed E-state index contributed by atoms with van der Waals surface area (Å²) in [5, 5.41) is 2.80. The van der Waals surface area contributed by atoms with Gasteiger partial charge in [-0.25, -0.2) is 9.37 Å². The minimum Gasteiger partial charge on any atom is -0.447 e. The molecule has 0 unspecified atom stereocenters. The molecule has 0 atom stereocenters. The average Bonchev–Trinajstić information content (AvgIpc) is 3.29. The van der Waals surface area contributed by atoms with E-state index >= 15 is 0 Å². The van der Waals surface area contributed by atoms with Crippen molar-refractivity contribution >= 4 is 5.91 Å². The van der Waals surface area contributed by atoms with Gasteiger partial charge in [-0.15, -0.1) is 0 Å². The van der Waals surface area contributed by atoms with Crippen molar-refractivity contribution in [3.63, 3.8) is 0 Å². The predicted molar refractivity (Wildman–Crippen MR) is 129 cm³/mol. The molecule has 0 saturated carbocycles. The Bertz CT molecular complexity index is 1240. The smallest absolute Gasteiger partial charge is 0.273 e. The summed E-state index contributed by atoms with van der Waals surface area (Å²) in [6.07, 6.45) is 1.38. The number of aromatic nitrogens is 1. The second kappa shape index (κ2) is 10.9. The van der Waals surface area contributed by atoms with Crippen LogP contribution in [0, 0.1) is 19.7 Å². The van der Waals surface area contributed by atoms with Gasteiger partial charge in [0, 0.05) is 19.6 Å². The molecular weight excluding hydrogens is 429 g/mol. The molecule has 174 valence electrons. The van der Waals surface area contributed by atoms with Gasteiger partial charge >= 0.3 is 0 Å². The van der Waals surface area contributed by atoms with Gasteiger partial charge in [0.2, 0.25) is 5.89 Å². The topological polar surface area (TPSA) is 58.4 Å². The molecule has 1 amide bonds. The zero-order valence-corrected chi connectivity index (χ0v) is 19.4. The van der Waals surface area contributed by atoms with Crippen LogP contribution in [0.1, 0.15) is 44.2 Å². The number of carbonyl (C=O) groups is 1. The molecule has 3 aromatic carbocycles. The fraction of sp³-hybridized carbons (Fsp3) is 0.214. The Labute approximate surface area is 199 Å². The lowest BCUT2D eigenvalue weighted by Gasteiger charge is -2.22. The van der Waals surface area contributed by atoms with Crippen molar-refractivity contribution in [2.75, 3.05) is 0 Å². The van der Waals surface area contributed by atoms with Gasteiger partial charge in [-0.3, -0.25) is 9.69 Å². The molecule has 4 aromatic rings. The van der Waals surface area contributed by atoms with Gasteiger partial charge in [-0.2, -0.15) is 0 Å². The first kappa shape index (κ1) is 23.4. The van der Waals surface area contributed by atoms with E-state index in [0.717, 1.165) is 18.7 Å². The maximum Gasteiger partial charge on any atom is 0.273 e. The Hall–Kier alpha value is -3.77. The van der Waals surface area contributed by atoms with Crippen LogP contribution in [-0.2, 0) is 26.2 Å². The molecule has 1 aromatic heterocycles. The van der Waals surface area contributed by atoms with Crippen LogP contribution in [0.5, 0.6) is 0 Å². The Morgan fingerprint density at radius 1 is 0.941 bits per heavy atom. The Balaban J connectivity index is 1.44. The summed E-state index contributed by atoms with van der Waals surface area (Å²) in [7, 11) is 0. The first-order chi connectivity index (χ1) is 16.5. The second-order valence-electron chi connectivity index (χ2n) is 8.50. The van der Waals surface area contributed by atoms with Crippen molar-refractivity contribution in [3.8, 4) is 0 Å². The lowest BCUT2D eigenvalue weighted by atomic mass is 10.0. The standard InChI is InChI=1S/C28H28FN3O2/c1-20-8-11-24(21(2)14-20)17-32(16-23-6-4-3-5-7-23)18-27-31-26(19-34-27)28(33)30-15-22-9-12-25(29)13-10-22/h3-14,19H,15-18H2,1-2H3,(H,30,33). The lowest BCUT2D eigenvalue weighted by molar-refractivity contribution is 0.0945. The molecule has 0 radical (unpaired) electrons. The quantitative estimate of drug-likeness (QED) is 0.357. The summed E-state index contributed by atoms with van der Waals surface area (Å²) in [5.41, 5.74) is 5.94. The van der Waals surface area contributed by atoms with Crippen LogP contribution in [0.3, 0.4) is 0 Å². The highest BCUT2D eigenvalue weighted by Gasteiger charge is 2.16. The molecule has 0 aliphatic carbocycles. The minimum absolute atomic E-state index is 0.225.